The van der Waals surface area contributed by atoms with Crippen molar-refractivity contribution < 1.29 is 5.11 Å². The number of nitrogens with one attached hydrogen (secondary N) is 1. The van der Waals surface area contributed by atoms with Crippen LogP contribution in [-0.4, -0.2) is 45.1 Å². The fourth-order valence-corrected chi connectivity index (χ4v) is 3.36. The molecule has 3 atom stereocenters. The first kappa shape index (κ1) is 13.9. The van der Waals surface area contributed by atoms with Gasteiger partial charge in [0.2, 0.25) is 0 Å². The standard InChI is InChI=1S/C13H23N3OS/c1-18-13-5-2-4-11(8-13)14-9-12(17)10-16-7-3-6-15-16/h3,6-7,11-14,17H,2,4-5,8-10H2,1H3. The van der Waals surface area contributed by atoms with Crippen molar-refractivity contribution in [2.45, 2.75) is 49.6 Å². The normalized spacial score (nSPS) is 26.1. The molecule has 1 aromatic rings. The lowest BCUT2D eigenvalue weighted by Crippen LogP contribution is -2.40. The lowest BCUT2D eigenvalue weighted by Gasteiger charge is -2.29. The van der Waals surface area contributed by atoms with Crippen molar-refractivity contribution >= 4 is 11.8 Å². The maximum Gasteiger partial charge on any atom is 0.0860 e. The highest BCUT2D eigenvalue weighted by Crippen LogP contribution is 2.26. The molecule has 2 rings (SSSR count). The van der Waals surface area contributed by atoms with E-state index in [0.717, 1.165) is 5.25 Å². The first-order valence-corrected chi connectivity index (χ1v) is 7.98. The van der Waals surface area contributed by atoms with Crippen LogP contribution in [0.1, 0.15) is 25.7 Å². The zero-order chi connectivity index (χ0) is 12.8. The van der Waals surface area contributed by atoms with Crippen LogP contribution in [0.2, 0.25) is 0 Å². The average Bonchev–Trinajstić information content (AvgIpc) is 2.89. The lowest BCUT2D eigenvalue weighted by molar-refractivity contribution is 0.140. The summed E-state index contributed by atoms with van der Waals surface area (Å²) >= 11 is 1.97. The van der Waals surface area contributed by atoms with Crippen LogP contribution < -0.4 is 5.32 Å². The molecule has 5 heteroatoms. The molecule has 0 aromatic carbocycles. The van der Waals surface area contributed by atoms with Crippen molar-refractivity contribution in [3.63, 3.8) is 0 Å². The number of hydrogen-bond acceptors (Lipinski definition) is 4. The predicted octanol–water partition coefficient (Wildman–Crippen LogP) is 1.51. The van der Waals surface area contributed by atoms with Crippen molar-refractivity contribution in [3.8, 4) is 0 Å². The minimum absolute atomic E-state index is 0.362. The van der Waals surface area contributed by atoms with E-state index in [2.05, 4.69) is 16.7 Å². The summed E-state index contributed by atoms with van der Waals surface area (Å²) in [5.74, 6) is 0. The summed E-state index contributed by atoms with van der Waals surface area (Å²) in [6.07, 6.45) is 10.6. The van der Waals surface area contributed by atoms with Gasteiger partial charge < -0.3 is 10.4 Å². The largest absolute Gasteiger partial charge is 0.390 e. The molecule has 1 aliphatic carbocycles. The first-order valence-electron chi connectivity index (χ1n) is 6.69. The highest BCUT2D eigenvalue weighted by Gasteiger charge is 2.21. The Morgan fingerprint density at radius 3 is 3.17 bits per heavy atom. The zero-order valence-corrected chi connectivity index (χ0v) is 11.8. The van der Waals surface area contributed by atoms with Gasteiger partial charge in [-0.05, 0) is 31.6 Å². The maximum atomic E-state index is 9.95. The summed E-state index contributed by atoms with van der Waals surface area (Å²) in [7, 11) is 0. The third-order valence-electron chi connectivity index (χ3n) is 3.56. The van der Waals surface area contributed by atoms with E-state index in [0.29, 0.717) is 19.1 Å². The number of nitrogens with zero attached hydrogens (tertiary/aromatic N) is 2. The second-order valence-corrected chi connectivity index (χ2v) is 6.15. The number of aliphatic hydroxyl groups excluding tert-OH is 1. The van der Waals surface area contributed by atoms with Gasteiger partial charge in [0.15, 0.2) is 0 Å². The fraction of sp³-hybridized carbons (Fsp3) is 0.769. The van der Waals surface area contributed by atoms with Crippen molar-refractivity contribution in [1.82, 2.24) is 15.1 Å². The lowest BCUT2D eigenvalue weighted by atomic mass is 9.95. The van der Waals surface area contributed by atoms with Crippen LogP contribution in [0.25, 0.3) is 0 Å². The van der Waals surface area contributed by atoms with Crippen molar-refractivity contribution in [1.29, 1.82) is 0 Å². The zero-order valence-electron chi connectivity index (χ0n) is 11.0. The van der Waals surface area contributed by atoms with Crippen LogP contribution in [0.15, 0.2) is 18.5 Å². The second-order valence-electron chi connectivity index (χ2n) is 5.01. The van der Waals surface area contributed by atoms with E-state index in [1.807, 2.05) is 24.0 Å². The molecular weight excluding hydrogens is 246 g/mol. The topological polar surface area (TPSA) is 50.1 Å². The second kappa shape index (κ2) is 7.16. The summed E-state index contributed by atoms with van der Waals surface area (Å²) < 4.78 is 1.78. The summed E-state index contributed by atoms with van der Waals surface area (Å²) in [4.78, 5) is 0. The Hall–Kier alpha value is -0.520. The van der Waals surface area contributed by atoms with E-state index in [-0.39, 0.29) is 6.10 Å². The third-order valence-corrected chi connectivity index (χ3v) is 4.65. The molecule has 18 heavy (non-hydrogen) atoms. The molecule has 0 saturated heterocycles. The third kappa shape index (κ3) is 4.30. The Bertz CT molecular complexity index is 331. The van der Waals surface area contributed by atoms with Gasteiger partial charge >= 0.3 is 0 Å². The van der Waals surface area contributed by atoms with Crippen LogP contribution in [0, 0.1) is 0 Å². The molecule has 102 valence electrons. The monoisotopic (exact) mass is 269 g/mol. The van der Waals surface area contributed by atoms with Crippen LogP contribution in [0.3, 0.4) is 0 Å². The van der Waals surface area contributed by atoms with E-state index in [1.165, 1.54) is 25.7 Å². The first-order chi connectivity index (χ1) is 8.78. The molecule has 0 radical (unpaired) electrons. The van der Waals surface area contributed by atoms with Gasteiger partial charge in [-0.1, -0.05) is 6.42 Å². The highest BCUT2D eigenvalue weighted by atomic mass is 32.2. The van der Waals surface area contributed by atoms with Gasteiger partial charge in [-0.15, -0.1) is 0 Å². The number of hydrogen-bond donors (Lipinski definition) is 2. The molecule has 0 amide bonds. The van der Waals surface area contributed by atoms with Crippen molar-refractivity contribution in [2.75, 3.05) is 12.8 Å². The molecule has 1 saturated carbocycles. The van der Waals surface area contributed by atoms with Crippen LogP contribution in [0.5, 0.6) is 0 Å². The van der Waals surface area contributed by atoms with Gasteiger partial charge in [0.25, 0.3) is 0 Å². The minimum Gasteiger partial charge on any atom is -0.390 e. The van der Waals surface area contributed by atoms with Gasteiger partial charge in [0, 0.05) is 30.2 Å². The summed E-state index contributed by atoms with van der Waals surface area (Å²) in [5, 5.41) is 18.3. The molecule has 0 aliphatic heterocycles. The minimum atomic E-state index is -0.362. The average molecular weight is 269 g/mol. The maximum absolute atomic E-state index is 9.95. The van der Waals surface area contributed by atoms with E-state index in [4.69, 9.17) is 0 Å². The summed E-state index contributed by atoms with van der Waals surface area (Å²) in [5.41, 5.74) is 0. The Balaban J connectivity index is 1.67. The van der Waals surface area contributed by atoms with Crippen molar-refractivity contribution in [2.24, 2.45) is 0 Å². The van der Waals surface area contributed by atoms with Crippen LogP contribution >= 0.6 is 11.8 Å². The van der Waals surface area contributed by atoms with Crippen LogP contribution in [0.4, 0.5) is 0 Å². The predicted molar refractivity (Wildman–Crippen MR) is 75.8 cm³/mol. The SMILES string of the molecule is CSC1CCCC(NCC(O)Cn2cccn2)C1. The Morgan fingerprint density at radius 1 is 1.56 bits per heavy atom. The smallest absolute Gasteiger partial charge is 0.0860 e. The Labute approximate surface area is 113 Å². The molecule has 1 fully saturated rings. The van der Waals surface area contributed by atoms with E-state index in [1.54, 1.807) is 10.9 Å². The molecule has 0 bridgehead atoms. The van der Waals surface area contributed by atoms with Gasteiger partial charge in [0.1, 0.15) is 0 Å². The Kier molecular flexibility index (Phi) is 5.53. The molecule has 4 nitrogen and oxygen atoms in total. The number of thioether (sulfide) groups is 1. The number of aliphatic hydroxyl groups is 1. The number of rotatable bonds is 6. The van der Waals surface area contributed by atoms with E-state index < -0.39 is 0 Å². The number of aromatic nitrogens is 2. The molecule has 1 aliphatic rings. The summed E-state index contributed by atoms with van der Waals surface area (Å²) in [6.45, 7) is 1.23. The molecular formula is C13H23N3OS. The van der Waals surface area contributed by atoms with Gasteiger partial charge in [-0.25, -0.2) is 0 Å². The van der Waals surface area contributed by atoms with Gasteiger partial charge in [0.05, 0.1) is 12.6 Å². The molecule has 1 heterocycles. The quantitative estimate of drug-likeness (QED) is 0.822. The van der Waals surface area contributed by atoms with Gasteiger partial charge in [-0.2, -0.15) is 16.9 Å². The van der Waals surface area contributed by atoms with Crippen LogP contribution in [-0.2, 0) is 6.54 Å². The summed E-state index contributed by atoms with van der Waals surface area (Å²) in [6, 6.07) is 2.45. The van der Waals surface area contributed by atoms with E-state index >= 15 is 0 Å². The Morgan fingerprint density at radius 2 is 2.44 bits per heavy atom. The molecule has 1 aromatic heterocycles. The van der Waals surface area contributed by atoms with E-state index in [9.17, 15) is 5.11 Å². The van der Waals surface area contributed by atoms with Gasteiger partial charge in [-0.3, -0.25) is 4.68 Å². The fourth-order valence-electron chi connectivity index (χ4n) is 2.54. The molecule has 3 unspecified atom stereocenters. The van der Waals surface area contributed by atoms with Crippen molar-refractivity contribution in [3.05, 3.63) is 18.5 Å². The highest BCUT2D eigenvalue weighted by molar-refractivity contribution is 7.99. The molecule has 0 spiro atoms. The molecule has 2 N–H and O–H groups in total.